The summed E-state index contributed by atoms with van der Waals surface area (Å²) >= 11 is 1.09. The van der Waals surface area contributed by atoms with E-state index in [0.29, 0.717) is 10.4 Å². The number of rotatable bonds is 9. The Hall–Kier alpha value is -4.79. The molecule has 1 atom stereocenters. The number of esters is 1. The second-order valence-corrected chi connectivity index (χ2v) is 10.4. The molecule has 2 aromatic carbocycles. The summed E-state index contributed by atoms with van der Waals surface area (Å²) in [5, 5.41) is 26.6. The lowest BCUT2D eigenvalue weighted by molar-refractivity contribution is -0.192. The molecule has 1 heterocycles. The van der Waals surface area contributed by atoms with Crippen LogP contribution < -0.4 is 15.8 Å². The number of amidine groups is 1. The van der Waals surface area contributed by atoms with Crippen LogP contribution in [0, 0.1) is 16.6 Å². The van der Waals surface area contributed by atoms with Gasteiger partial charge >= 0.3 is 24.1 Å². The summed E-state index contributed by atoms with van der Waals surface area (Å²) in [5.74, 6) is -6.60. The van der Waals surface area contributed by atoms with E-state index in [1.807, 2.05) is 0 Å². The second-order valence-electron chi connectivity index (χ2n) is 9.23. The van der Waals surface area contributed by atoms with Gasteiger partial charge in [-0.2, -0.15) is 13.2 Å². The van der Waals surface area contributed by atoms with Crippen molar-refractivity contribution in [1.29, 1.82) is 5.41 Å². The summed E-state index contributed by atoms with van der Waals surface area (Å²) in [6.07, 6.45) is -4.85. The molecule has 0 unspecified atom stereocenters. The van der Waals surface area contributed by atoms with Crippen LogP contribution in [-0.4, -0.2) is 46.0 Å². The second kappa shape index (κ2) is 13.7. The molecule has 15 heteroatoms. The number of carbonyl (C=O) groups excluding carboxylic acids is 2. The first kappa shape index (κ1) is 33.4. The van der Waals surface area contributed by atoms with Crippen molar-refractivity contribution >= 4 is 41.0 Å². The zero-order chi connectivity index (χ0) is 31.8. The first-order valence-corrected chi connectivity index (χ1v) is 12.6. The summed E-state index contributed by atoms with van der Waals surface area (Å²) < 4.78 is 51.0. The summed E-state index contributed by atoms with van der Waals surface area (Å²) in [5.41, 5.74) is 4.96. The number of carbonyl (C=O) groups is 4. The average molecular weight is 612 g/mol. The number of amides is 1. The Bertz CT molecular complexity index is 1470. The number of ether oxygens (including phenoxy) is 1. The lowest BCUT2D eigenvalue weighted by Gasteiger charge is -2.25. The fourth-order valence-electron chi connectivity index (χ4n) is 3.26. The van der Waals surface area contributed by atoms with E-state index in [9.17, 15) is 37.1 Å². The molecule has 0 saturated heterocycles. The molecule has 0 aliphatic rings. The van der Waals surface area contributed by atoms with E-state index in [0.717, 1.165) is 17.4 Å². The first-order chi connectivity index (χ1) is 19.4. The van der Waals surface area contributed by atoms with Crippen LogP contribution in [0.2, 0.25) is 0 Å². The van der Waals surface area contributed by atoms with E-state index in [1.165, 1.54) is 18.2 Å². The van der Waals surface area contributed by atoms with Crippen LogP contribution >= 0.6 is 11.3 Å². The molecule has 224 valence electrons. The maximum absolute atomic E-state index is 14.2. The monoisotopic (exact) mass is 611 g/mol. The minimum absolute atomic E-state index is 0.165. The van der Waals surface area contributed by atoms with Crippen molar-refractivity contribution in [2.45, 2.75) is 32.5 Å². The van der Waals surface area contributed by atoms with E-state index >= 15 is 0 Å². The molecule has 3 aromatic rings. The van der Waals surface area contributed by atoms with E-state index in [1.54, 1.807) is 50.2 Å². The molecule has 1 amide bonds. The zero-order valence-corrected chi connectivity index (χ0v) is 22.8. The minimum atomic E-state index is -5.08. The van der Waals surface area contributed by atoms with Crippen molar-refractivity contribution in [2.24, 2.45) is 11.1 Å². The number of nitrogens with one attached hydrogen (secondary N) is 2. The van der Waals surface area contributed by atoms with E-state index in [2.05, 4.69) is 5.32 Å². The number of aliphatic carboxylic acids is 2. The summed E-state index contributed by atoms with van der Waals surface area (Å²) in [4.78, 5) is 46.9. The van der Waals surface area contributed by atoms with Crippen molar-refractivity contribution in [3.63, 3.8) is 0 Å². The van der Waals surface area contributed by atoms with Gasteiger partial charge in [-0.3, -0.25) is 10.2 Å². The molecule has 0 aliphatic carbocycles. The number of nitrogens with two attached hydrogens (primary N) is 1. The van der Waals surface area contributed by atoms with Crippen LogP contribution in [0.3, 0.4) is 0 Å². The first-order valence-electron chi connectivity index (χ1n) is 11.8. The highest BCUT2D eigenvalue weighted by Gasteiger charge is 2.38. The Morgan fingerprint density at radius 1 is 1.02 bits per heavy atom. The maximum Gasteiger partial charge on any atom is 0.490 e. The fourth-order valence-corrected chi connectivity index (χ4v) is 4.37. The van der Waals surface area contributed by atoms with Gasteiger partial charge in [0.25, 0.3) is 0 Å². The van der Waals surface area contributed by atoms with Crippen molar-refractivity contribution in [3.05, 3.63) is 87.4 Å². The van der Waals surface area contributed by atoms with Crippen molar-refractivity contribution in [2.75, 3.05) is 0 Å². The Balaban J connectivity index is 0.000000782. The molecule has 0 saturated carbocycles. The van der Waals surface area contributed by atoms with Gasteiger partial charge in [-0.1, -0.05) is 44.2 Å². The topological polar surface area (TPSA) is 180 Å². The predicted octanol–water partition coefficient (Wildman–Crippen LogP) is 4.53. The quantitative estimate of drug-likeness (QED) is 0.0769. The number of alkyl halides is 3. The van der Waals surface area contributed by atoms with Crippen LogP contribution in [0.15, 0.2) is 60.7 Å². The Morgan fingerprint density at radius 3 is 2.12 bits per heavy atom. The summed E-state index contributed by atoms with van der Waals surface area (Å²) in [6, 6.07) is 14.0. The normalized spacial score (nSPS) is 11.9. The Labute approximate surface area is 240 Å². The van der Waals surface area contributed by atoms with Gasteiger partial charge in [-0.15, -0.1) is 11.3 Å². The van der Waals surface area contributed by atoms with Gasteiger partial charge in [-0.25, -0.2) is 18.8 Å². The van der Waals surface area contributed by atoms with Crippen molar-refractivity contribution in [3.8, 4) is 5.75 Å². The molecule has 0 radical (unpaired) electrons. The third kappa shape index (κ3) is 9.40. The highest BCUT2D eigenvalue weighted by Crippen LogP contribution is 2.29. The Morgan fingerprint density at radius 2 is 1.62 bits per heavy atom. The molecule has 3 rings (SSSR count). The lowest BCUT2D eigenvalue weighted by Crippen LogP contribution is -2.42. The van der Waals surface area contributed by atoms with Crippen molar-refractivity contribution < 1.29 is 51.7 Å². The van der Waals surface area contributed by atoms with Gasteiger partial charge in [0.2, 0.25) is 5.91 Å². The number of halogens is 4. The third-order valence-electron chi connectivity index (χ3n) is 5.44. The standard InChI is InChI=1S/C25H24FN3O5S.C2HF3O2/c1-25(2,24(33)29-20(22(30)31)14-6-4-3-5-7-14)13-16-9-11-19(35-16)23(32)34-18-10-8-15(21(27)28)12-17(18)26;3-2(4,5)1(6)7/h3-12,20H,13H2,1-2H3,(H3,27,28)(H,29,33)(H,30,31);(H,6,7)/t20-;/m1./s1. The van der Waals surface area contributed by atoms with E-state index in [4.69, 9.17) is 25.8 Å². The van der Waals surface area contributed by atoms with Crippen LogP contribution in [0.4, 0.5) is 17.6 Å². The Kier molecular flexibility index (Phi) is 10.9. The van der Waals surface area contributed by atoms with Crippen LogP contribution in [0.1, 0.15) is 45.6 Å². The molecule has 0 fully saturated rings. The molecular weight excluding hydrogens is 586 g/mol. The third-order valence-corrected chi connectivity index (χ3v) is 6.50. The van der Waals surface area contributed by atoms with Crippen molar-refractivity contribution in [1.82, 2.24) is 5.32 Å². The zero-order valence-electron chi connectivity index (χ0n) is 22.0. The predicted molar refractivity (Wildman–Crippen MR) is 143 cm³/mol. The summed E-state index contributed by atoms with van der Waals surface area (Å²) in [7, 11) is 0. The molecule has 6 N–H and O–H groups in total. The van der Waals surface area contributed by atoms with E-state index < -0.39 is 47.3 Å². The number of hydrogen-bond donors (Lipinski definition) is 5. The molecule has 0 bridgehead atoms. The van der Waals surface area contributed by atoms with Gasteiger partial charge in [0.05, 0.1) is 0 Å². The van der Waals surface area contributed by atoms with Gasteiger partial charge in [0.1, 0.15) is 10.7 Å². The number of nitrogen functional groups attached to an aromatic ring is 1. The highest BCUT2D eigenvalue weighted by atomic mass is 32.1. The number of carboxylic acid groups (broad SMARTS) is 2. The number of thiophene rings is 1. The molecule has 1 aromatic heterocycles. The van der Waals surface area contributed by atoms with E-state index in [-0.39, 0.29) is 28.4 Å². The van der Waals surface area contributed by atoms with Gasteiger partial charge < -0.3 is 26.0 Å². The largest absolute Gasteiger partial charge is 0.490 e. The molecular formula is C27H25F4N3O7S. The highest BCUT2D eigenvalue weighted by molar-refractivity contribution is 7.14. The van der Waals surface area contributed by atoms with Gasteiger partial charge in [0.15, 0.2) is 17.6 Å². The van der Waals surface area contributed by atoms with Crippen LogP contribution in [0.5, 0.6) is 5.75 Å². The van der Waals surface area contributed by atoms with Crippen LogP contribution in [0.25, 0.3) is 0 Å². The lowest BCUT2D eigenvalue weighted by atomic mass is 9.87. The maximum atomic E-state index is 14.2. The molecule has 10 nitrogen and oxygen atoms in total. The van der Waals surface area contributed by atoms with Crippen LogP contribution in [-0.2, 0) is 20.8 Å². The van der Waals surface area contributed by atoms with Gasteiger partial charge in [-0.05, 0) is 42.3 Å². The molecule has 42 heavy (non-hydrogen) atoms. The SMILES string of the molecule is CC(C)(Cc1ccc(C(=O)Oc2ccc(C(=N)N)cc2F)s1)C(=O)N[C@@H](C(=O)O)c1ccccc1.O=C(O)C(F)(F)F. The minimum Gasteiger partial charge on any atom is -0.479 e. The number of carboxylic acids is 2. The number of hydrogen-bond acceptors (Lipinski definition) is 7. The van der Waals surface area contributed by atoms with Gasteiger partial charge in [0, 0.05) is 15.9 Å². The average Bonchev–Trinajstić information content (AvgIpc) is 3.36. The smallest absolute Gasteiger partial charge is 0.479 e. The number of benzene rings is 2. The summed E-state index contributed by atoms with van der Waals surface area (Å²) in [6.45, 7) is 3.35. The fraction of sp³-hybridized carbons (Fsp3) is 0.222. The molecule has 0 aliphatic heterocycles. The molecule has 0 spiro atoms.